The topological polar surface area (TPSA) is 75.6 Å². The Kier molecular flexibility index (Phi) is 4.17. The van der Waals surface area contributed by atoms with Gasteiger partial charge in [-0.3, -0.25) is 4.79 Å². The van der Waals surface area contributed by atoms with E-state index < -0.39 is 30.6 Å². The van der Waals surface area contributed by atoms with Gasteiger partial charge in [0, 0.05) is 38.3 Å². The van der Waals surface area contributed by atoms with Crippen LogP contribution in [0.5, 0.6) is 0 Å². The summed E-state index contributed by atoms with van der Waals surface area (Å²) in [5.74, 6) is -0.177. The van der Waals surface area contributed by atoms with E-state index in [0.29, 0.717) is 23.9 Å². The lowest BCUT2D eigenvalue weighted by atomic mass is 9.90. The zero-order valence-corrected chi connectivity index (χ0v) is 13.5. The SMILES string of the molecule is O=C1OC2(CCN(c3ncc(Br)cn3)CC2)C(=O)N1CC(F)F. The second kappa shape index (κ2) is 5.99. The van der Waals surface area contributed by atoms with Crippen molar-refractivity contribution in [3.8, 4) is 0 Å². The standard InChI is InChI=1S/C13H13BrF2N4O3/c14-8-5-17-11(18-6-8)19-3-1-13(2-4-19)10(21)20(7-9(15)16)12(22)23-13/h5-6,9H,1-4,7H2. The molecule has 0 atom stereocenters. The van der Waals surface area contributed by atoms with Crippen molar-refractivity contribution in [2.24, 2.45) is 0 Å². The summed E-state index contributed by atoms with van der Waals surface area (Å²) in [7, 11) is 0. The van der Waals surface area contributed by atoms with Gasteiger partial charge in [-0.15, -0.1) is 0 Å². The normalized spacial score (nSPS) is 20.5. The Bertz CT molecular complexity index is 620. The smallest absolute Gasteiger partial charge is 0.417 e. The molecule has 2 aliphatic heterocycles. The van der Waals surface area contributed by atoms with Gasteiger partial charge < -0.3 is 9.64 Å². The van der Waals surface area contributed by atoms with Crippen LogP contribution in [0, 0.1) is 0 Å². The molecule has 2 fully saturated rings. The minimum atomic E-state index is -2.78. The molecule has 1 spiro atoms. The minimum absolute atomic E-state index is 0.219. The molecule has 3 heterocycles. The summed E-state index contributed by atoms with van der Waals surface area (Å²) in [6, 6.07) is 0. The fourth-order valence-electron chi connectivity index (χ4n) is 2.74. The lowest BCUT2D eigenvalue weighted by Crippen LogP contribution is -2.50. The van der Waals surface area contributed by atoms with Gasteiger partial charge >= 0.3 is 6.09 Å². The third kappa shape index (κ3) is 2.99. The summed E-state index contributed by atoms with van der Waals surface area (Å²) in [6.45, 7) is -0.148. The predicted octanol–water partition coefficient (Wildman–Crippen LogP) is 1.82. The molecule has 0 saturated carbocycles. The van der Waals surface area contributed by atoms with Gasteiger partial charge in [-0.25, -0.2) is 28.4 Å². The number of amides is 2. The Labute approximate surface area is 138 Å². The highest BCUT2D eigenvalue weighted by Crippen LogP contribution is 2.35. The number of rotatable bonds is 3. The number of carbonyl (C=O) groups is 2. The van der Waals surface area contributed by atoms with Gasteiger partial charge in [0.1, 0.15) is 0 Å². The predicted molar refractivity (Wildman–Crippen MR) is 78.1 cm³/mol. The molecular weight excluding hydrogens is 378 g/mol. The van der Waals surface area contributed by atoms with Crippen molar-refractivity contribution in [2.45, 2.75) is 24.9 Å². The molecule has 1 aromatic rings. The molecule has 2 saturated heterocycles. The van der Waals surface area contributed by atoms with E-state index in [4.69, 9.17) is 4.74 Å². The van der Waals surface area contributed by atoms with Crippen LogP contribution < -0.4 is 4.90 Å². The fraction of sp³-hybridized carbons (Fsp3) is 0.538. The quantitative estimate of drug-likeness (QED) is 0.783. The van der Waals surface area contributed by atoms with Crippen LogP contribution in [0.1, 0.15) is 12.8 Å². The fourth-order valence-corrected chi connectivity index (χ4v) is 2.95. The van der Waals surface area contributed by atoms with Crippen molar-refractivity contribution in [2.75, 3.05) is 24.5 Å². The van der Waals surface area contributed by atoms with E-state index in [0.717, 1.165) is 4.47 Å². The van der Waals surface area contributed by atoms with Crippen molar-refractivity contribution in [3.05, 3.63) is 16.9 Å². The number of aromatic nitrogens is 2. The van der Waals surface area contributed by atoms with E-state index >= 15 is 0 Å². The van der Waals surface area contributed by atoms with Crippen LogP contribution in [-0.4, -0.2) is 58.5 Å². The van der Waals surface area contributed by atoms with Gasteiger partial charge in [0.2, 0.25) is 5.95 Å². The molecule has 0 aliphatic carbocycles. The zero-order valence-electron chi connectivity index (χ0n) is 11.9. The number of imide groups is 1. The number of carbonyl (C=O) groups excluding carboxylic acids is 2. The maximum atomic E-state index is 12.5. The molecule has 124 valence electrons. The van der Waals surface area contributed by atoms with Crippen LogP contribution >= 0.6 is 15.9 Å². The number of hydrogen-bond acceptors (Lipinski definition) is 6. The zero-order chi connectivity index (χ0) is 16.6. The summed E-state index contributed by atoms with van der Waals surface area (Å²) in [5, 5.41) is 0. The molecule has 0 aromatic carbocycles. The van der Waals surface area contributed by atoms with E-state index in [-0.39, 0.29) is 12.8 Å². The molecule has 23 heavy (non-hydrogen) atoms. The van der Waals surface area contributed by atoms with E-state index in [1.807, 2.05) is 4.90 Å². The van der Waals surface area contributed by atoms with Crippen LogP contribution in [0.3, 0.4) is 0 Å². The number of halogens is 3. The van der Waals surface area contributed by atoms with E-state index in [1.165, 1.54) is 0 Å². The van der Waals surface area contributed by atoms with Gasteiger partial charge in [-0.05, 0) is 15.9 Å². The second-order valence-electron chi connectivity index (χ2n) is 5.36. The van der Waals surface area contributed by atoms with E-state index in [2.05, 4.69) is 25.9 Å². The molecule has 2 aliphatic rings. The van der Waals surface area contributed by atoms with Crippen LogP contribution in [0.15, 0.2) is 16.9 Å². The van der Waals surface area contributed by atoms with Crippen molar-refractivity contribution < 1.29 is 23.1 Å². The summed E-state index contributed by atoms with van der Waals surface area (Å²) in [4.78, 5) is 34.7. The molecule has 2 amide bonds. The molecule has 0 N–H and O–H groups in total. The highest BCUT2D eigenvalue weighted by Gasteiger charge is 2.55. The first-order valence-electron chi connectivity index (χ1n) is 6.97. The lowest BCUT2D eigenvalue weighted by Gasteiger charge is -2.35. The van der Waals surface area contributed by atoms with Crippen molar-refractivity contribution in [1.29, 1.82) is 0 Å². The molecule has 0 bridgehead atoms. The highest BCUT2D eigenvalue weighted by molar-refractivity contribution is 9.10. The van der Waals surface area contributed by atoms with Crippen molar-refractivity contribution in [3.63, 3.8) is 0 Å². The maximum Gasteiger partial charge on any atom is 0.417 e. The average molecular weight is 391 g/mol. The number of alkyl halides is 2. The Morgan fingerprint density at radius 2 is 1.87 bits per heavy atom. The first-order valence-corrected chi connectivity index (χ1v) is 7.76. The van der Waals surface area contributed by atoms with E-state index in [9.17, 15) is 18.4 Å². The van der Waals surface area contributed by atoms with Gasteiger partial charge in [0.05, 0.1) is 11.0 Å². The average Bonchev–Trinajstić information content (AvgIpc) is 2.73. The Balaban J connectivity index is 1.69. The van der Waals surface area contributed by atoms with Crippen LogP contribution in [0.2, 0.25) is 0 Å². The summed E-state index contributed by atoms with van der Waals surface area (Å²) < 4.78 is 30.8. The largest absolute Gasteiger partial charge is 0.432 e. The van der Waals surface area contributed by atoms with E-state index in [1.54, 1.807) is 12.4 Å². The molecule has 10 heteroatoms. The number of nitrogens with zero attached hydrogens (tertiary/aromatic N) is 4. The Morgan fingerprint density at radius 3 is 2.43 bits per heavy atom. The third-order valence-corrected chi connectivity index (χ3v) is 4.33. The molecular formula is C13H13BrF2N4O3. The summed E-state index contributed by atoms with van der Waals surface area (Å²) in [6.07, 6.45) is -0.120. The molecule has 0 unspecified atom stereocenters. The van der Waals surface area contributed by atoms with Gasteiger partial charge in [0.25, 0.3) is 12.3 Å². The summed E-state index contributed by atoms with van der Waals surface area (Å²) >= 11 is 3.25. The highest BCUT2D eigenvalue weighted by atomic mass is 79.9. The van der Waals surface area contributed by atoms with Crippen molar-refractivity contribution >= 4 is 33.9 Å². The van der Waals surface area contributed by atoms with Gasteiger partial charge in [-0.2, -0.15) is 0 Å². The number of hydrogen-bond donors (Lipinski definition) is 0. The molecule has 0 radical (unpaired) electrons. The first kappa shape index (κ1) is 16.0. The summed E-state index contributed by atoms with van der Waals surface area (Å²) in [5.41, 5.74) is -1.34. The number of ether oxygens (including phenoxy) is 1. The Hall–Kier alpha value is -1.84. The first-order chi connectivity index (χ1) is 10.9. The van der Waals surface area contributed by atoms with Crippen molar-refractivity contribution in [1.82, 2.24) is 14.9 Å². The monoisotopic (exact) mass is 390 g/mol. The van der Waals surface area contributed by atoms with Crippen LogP contribution in [0.4, 0.5) is 19.5 Å². The van der Waals surface area contributed by atoms with Gasteiger partial charge in [-0.1, -0.05) is 0 Å². The number of anilines is 1. The van der Waals surface area contributed by atoms with Crippen LogP contribution in [-0.2, 0) is 9.53 Å². The second-order valence-corrected chi connectivity index (χ2v) is 6.27. The van der Waals surface area contributed by atoms with Gasteiger partial charge in [0.15, 0.2) is 5.60 Å². The molecule has 7 nitrogen and oxygen atoms in total. The number of piperidine rings is 1. The molecule has 3 rings (SSSR count). The van der Waals surface area contributed by atoms with Crippen LogP contribution in [0.25, 0.3) is 0 Å². The maximum absolute atomic E-state index is 12.5. The lowest BCUT2D eigenvalue weighted by molar-refractivity contribution is -0.139. The molecule has 1 aromatic heterocycles. The third-order valence-electron chi connectivity index (χ3n) is 3.92. The minimum Gasteiger partial charge on any atom is -0.432 e. The Morgan fingerprint density at radius 1 is 1.26 bits per heavy atom.